The third-order valence-electron chi connectivity index (χ3n) is 3.45. The van der Waals surface area contributed by atoms with Crippen LogP contribution in [0.15, 0.2) is 12.1 Å². The number of anilines is 1. The second-order valence-electron chi connectivity index (χ2n) is 5.14. The molecular formula is C13H16Cl2N2O2. The summed E-state index contributed by atoms with van der Waals surface area (Å²) in [5.74, 6) is -0.140. The van der Waals surface area contributed by atoms with Crippen molar-refractivity contribution in [1.29, 1.82) is 0 Å². The molecule has 1 aromatic carbocycles. The fourth-order valence-electron chi connectivity index (χ4n) is 2.08. The number of nitrogens with zero attached hydrogens (tertiary/aromatic N) is 1. The van der Waals surface area contributed by atoms with Gasteiger partial charge in [0.15, 0.2) is 0 Å². The average Bonchev–Trinajstić information content (AvgIpc) is 2.34. The molecule has 2 rings (SSSR count). The van der Waals surface area contributed by atoms with Gasteiger partial charge in [0.25, 0.3) is 5.91 Å². The van der Waals surface area contributed by atoms with Crippen molar-refractivity contribution < 1.29 is 9.90 Å². The Morgan fingerprint density at radius 2 is 1.79 bits per heavy atom. The van der Waals surface area contributed by atoms with Gasteiger partial charge in [0.1, 0.15) is 0 Å². The molecule has 1 amide bonds. The highest BCUT2D eigenvalue weighted by Gasteiger charge is 2.30. The number of nitrogens with two attached hydrogens (primary N) is 1. The molecule has 0 bridgehead atoms. The molecule has 0 aromatic heterocycles. The molecule has 3 N–H and O–H groups in total. The van der Waals surface area contributed by atoms with E-state index in [-0.39, 0.29) is 21.6 Å². The molecule has 104 valence electrons. The smallest absolute Gasteiger partial charge is 0.253 e. The summed E-state index contributed by atoms with van der Waals surface area (Å²) in [5, 5.41) is 10.4. The summed E-state index contributed by atoms with van der Waals surface area (Å²) < 4.78 is 0. The van der Waals surface area contributed by atoms with E-state index in [0.717, 1.165) is 0 Å². The first-order valence-electron chi connectivity index (χ1n) is 6.06. The molecule has 1 aliphatic heterocycles. The molecule has 0 saturated carbocycles. The molecule has 1 fully saturated rings. The van der Waals surface area contributed by atoms with Gasteiger partial charge >= 0.3 is 0 Å². The van der Waals surface area contributed by atoms with Crippen LogP contribution in [-0.2, 0) is 0 Å². The predicted octanol–water partition coefficient (Wildman–Crippen LogP) is 2.56. The Morgan fingerprint density at radius 3 is 2.26 bits per heavy atom. The van der Waals surface area contributed by atoms with Gasteiger partial charge in [-0.1, -0.05) is 23.2 Å². The fraction of sp³-hybridized carbons (Fsp3) is 0.462. The lowest BCUT2D eigenvalue weighted by Crippen LogP contribution is -2.45. The normalized spacial score (nSPS) is 18.4. The van der Waals surface area contributed by atoms with Gasteiger partial charge in [0.2, 0.25) is 0 Å². The Hall–Kier alpha value is -0.970. The van der Waals surface area contributed by atoms with Crippen molar-refractivity contribution in [2.45, 2.75) is 25.4 Å². The Bertz CT molecular complexity index is 484. The Labute approximate surface area is 122 Å². The van der Waals surface area contributed by atoms with Gasteiger partial charge in [-0.05, 0) is 31.9 Å². The van der Waals surface area contributed by atoms with E-state index in [4.69, 9.17) is 28.9 Å². The summed E-state index contributed by atoms with van der Waals surface area (Å²) in [4.78, 5) is 14.0. The number of rotatable bonds is 1. The molecule has 0 atom stereocenters. The number of amides is 1. The number of piperidine rings is 1. The summed E-state index contributed by atoms with van der Waals surface area (Å²) in [5.41, 5.74) is 5.66. The number of carbonyl (C=O) groups excluding carboxylic acids is 1. The van der Waals surface area contributed by atoms with Gasteiger partial charge in [0, 0.05) is 18.7 Å². The van der Waals surface area contributed by atoms with Crippen molar-refractivity contribution >= 4 is 34.8 Å². The second kappa shape index (κ2) is 5.19. The summed E-state index contributed by atoms with van der Waals surface area (Å²) >= 11 is 11.9. The van der Waals surface area contributed by atoms with E-state index in [9.17, 15) is 9.90 Å². The third-order valence-corrected chi connectivity index (χ3v) is 4.08. The highest BCUT2D eigenvalue weighted by Crippen LogP contribution is 2.30. The van der Waals surface area contributed by atoms with Gasteiger partial charge < -0.3 is 15.7 Å². The summed E-state index contributed by atoms with van der Waals surface area (Å²) in [6, 6.07) is 3.05. The monoisotopic (exact) mass is 302 g/mol. The van der Waals surface area contributed by atoms with Crippen molar-refractivity contribution in [3.8, 4) is 0 Å². The largest absolute Gasteiger partial charge is 0.396 e. The number of likely N-dealkylation sites (tertiary alicyclic amines) is 1. The molecule has 1 saturated heterocycles. The quantitative estimate of drug-likeness (QED) is 0.784. The Balaban J connectivity index is 2.17. The third kappa shape index (κ3) is 3.14. The first kappa shape index (κ1) is 14.4. The summed E-state index contributed by atoms with van der Waals surface area (Å²) in [6.07, 6.45) is 1.13. The molecule has 1 heterocycles. The van der Waals surface area contributed by atoms with Crippen molar-refractivity contribution in [2.75, 3.05) is 18.8 Å². The molecule has 19 heavy (non-hydrogen) atoms. The maximum absolute atomic E-state index is 12.3. The van der Waals surface area contributed by atoms with E-state index in [1.165, 1.54) is 12.1 Å². The fourth-order valence-corrected chi connectivity index (χ4v) is 2.57. The SMILES string of the molecule is CC1(O)CCN(C(=O)c2cc(Cl)c(N)c(Cl)c2)CC1. The maximum atomic E-state index is 12.3. The molecule has 0 radical (unpaired) electrons. The minimum atomic E-state index is -0.687. The van der Waals surface area contributed by atoms with Crippen LogP contribution in [-0.4, -0.2) is 34.6 Å². The number of nitrogen functional groups attached to an aromatic ring is 1. The first-order valence-corrected chi connectivity index (χ1v) is 6.82. The van der Waals surface area contributed by atoms with Crippen LogP contribution < -0.4 is 5.73 Å². The van der Waals surface area contributed by atoms with E-state index >= 15 is 0 Å². The van der Waals surface area contributed by atoms with Crippen LogP contribution in [0.4, 0.5) is 5.69 Å². The zero-order chi connectivity index (χ0) is 14.2. The van der Waals surface area contributed by atoms with E-state index in [0.29, 0.717) is 31.5 Å². The van der Waals surface area contributed by atoms with Crippen LogP contribution in [0, 0.1) is 0 Å². The molecule has 0 aliphatic carbocycles. The molecule has 6 heteroatoms. The minimum absolute atomic E-state index is 0.140. The lowest BCUT2D eigenvalue weighted by atomic mass is 9.93. The molecule has 0 unspecified atom stereocenters. The van der Waals surface area contributed by atoms with E-state index in [1.807, 2.05) is 0 Å². The lowest BCUT2D eigenvalue weighted by Gasteiger charge is -2.35. The van der Waals surface area contributed by atoms with Crippen molar-refractivity contribution in [1.82, 2.24) is 4.90 Å². The number of carbonyl (C=O) groups is 1. The highest BCUT2D eigenvalue weighted by molar-refractivity contribution is 6.39. The average molecular weight is 303 g/mol. The van der Waals surface area contributed by atoms with E-state index in [1.54, 1.807) is 11.8 Å². The zero-order valence-corrected chi connectivity index (χ0v) is 12.1. The van der Waals surface area contributed by atoms with E-state index in [2.05, 4.69) is 0 Å². The van der Waals surface area contributed by atoms with E-state index < -0.39 is 5.60 Å². The zero-order valence-electron chi connectivity index (χ0n) is 10.6. The highest BCUT2D eigenvalue weighted by atomic mass is 35.5. The standard InChI is InChI=1S/C13H16Cl2N2O2/c1-13(19)2-4-17(5-3-13)12(18)8-6-9(14)11(16)10(15)7-8/h6-7,19H,2-5,16H2,1H3. The van der Waals surface area contributed by atoms with Crippen LogP contribution in [0.3, 0.4) is 0 Å². The van der Waals surface area contributed by atoms with Crippen LogP contribution in [0.1, 0.15) is 30.1 Å². The molecule has 0 spiro atoms. The number of halogens is 2. The van der Waals surface area contributed by atoms with Gasteiger partial charge in [-0.3, -0.25) is 4.79 Å². The molecule has 1 aromatic rings. The predicted molar refractivity (Wildman–Crippen MR) is 76.6 cm³/mol. The topological polar surface area (TPSA) is 66.6 Å². The molecule has 1 aliphatic rings. The van der Waals surface area contributed by atoms with Crippen LogP contribution in [0.25, 0.3) is 0 Å². The maximum Gasteiger partial charge on any atom is 0.253 e. The summed E-state index contributed by atoms with van der Waals surface area (Å²) in [7, 11) is 0. The lowest BCUT2D eigenvalue weighted by molar-refractivity contribution is -0.00202. The number of benzene rings is 1. The van der Waals surface area contributed by atoms with Gasteiger partial charge in [-0.15, -0.1) is 0 Å². The van der Waals surface area contributed by atoms with Gasteiger partial charge in [-0.2, -0.15) is 0 Å². The van der Waals surface area contributed by atoms with Gasteiger partial charge in [-0.25, -0.2) is 0 Å². The van der Waals surface area contributed by atoms with Crippen LogP contribution >= 0.6 is 23.2 Å². The minimum Gasteiger partial charge on any atom is -0.396 e. The van der Waals surface area contributed by atoms with Gasteiger partial charge in [0.05, 0.1) is 21.3 Å². The van der Waals surface area contributed by atoms with Crippen LogP contribution in [0.5, 0.6) is 0 Å². The second-order valence-corrected chi connectivity index (χ2v) is 5.96. The van der Waals surface area contributed by atoms with Crippen LogP contribution in [0.2, 0.25) is 10.0 Å². The van der Waals surface area contributed by atoms with Crippen molar-refractivity contribution in [3.05, 3.63) is 27.7 Å². The summed E-state index contributed by atoms with van der Waals surface area (Å²) in [6.45, 7) is 2.82. The first-order chi connectivity index (χ1) is 8.80. The Morgan fingerprint density at radius 1 is 1.32 bits per heavy atom. The molecular weight excluding hydrogens is 287 g/mol. The number of aliphatic hydroxyl groups is 1. The Kier molecular flexibility index (Phi) is 3.95. The number of hydrogen-bond donors (Lipinski definition) is 2. The van der Waals surface area contributed by atoms with Crippen molar-refractivity contribution in [2.24, 2.45) is 0 Å². The molecule has 4 nitrogen and oxygen atoms in total. The number of hydrogen-bond acceptors (Lipinski definition) is 3. The van der Waals surface area contributed by atoms with Crippen molar-refractivity contribution in [3.63, 3.8) is 0 Å².